The topological polar surface area (TPSA) is 88.4 Å². The lowest BCUT2D eigenvalue weighted by Gasteiger charge is -2.17. The van der Waals surface area contributed by atoms with Crippen LogP contribution in [0.15, 0.2) is 24.5 Å². The Morgan fingerprint density at radius 3 is 2.67 bits per heavy atom. The first-order chi connectivity index (χ1) is 11.5. The van der Waals surface area contributed by atoms with Gasteiger partial charge in [-0.2, -0.15) is 0 Å². The summed E-state index contributed by atoms with van der Waals surface area (Å²) in [6.45, 7) is 3.60. The van der Waals surface area contributed by atoms with Gasteiger partial charge in [-0.25, -0.2) is 15.0 Å². The molecule has 7 nitrogen and oxygen atoms in total. The number of aliphatic hydroxyl groups is 1. The molecule has 1 spiro atoms. The number of anilines is 2. The number of ether oxygens (including phenoxy) is 1. The lowest BCUT2D eigenvalue weighted by atomic mass is 10.0. The van der Waals surface area contributed by atoms with Gasteiger partial charge in [-0.15, -0.1) is 0 Å². The van der Waals surface area contributed by atoms with Gasteiger partial charge in [0.2, 0.25) is 11.8 Å². The Bertz CT molecular complexity index is 800. The third-order valence-corrected chi connectivity index (χ3v) is 4.39. The number of aliphatic hydroxyl groups excluding tert-OH is 1. The van der Waals surface area contributed by atoms with Crippen LogP contribution >= 0.6 is 0 Å². The molecule has 1 fully saturated rings. The van der Waals surface area contributed by atoms with Gasteiger partial charge in [-0.3, -0.25) is 9.69 Å². The fraction of sp³-hybridized carbons (Fsp3) is 0.412. The average molecular weight is 326 g/mol. The van der Waals surface area contributed by atoms with E-state index in [1.807, 2.05) is 13.8 Å². The third kappa shape index (κ3) is 2.16. The Labute approximate surface area is 139 Å². The number of amides is 1. The zero-order valence-corrected chi connectivity index (χ0v) is 13.6. The summed E-state index contributed by atoms with van der Waals surface area (Å²) >= 11 is 0. The molecule has 2 aliphatic rings. The number of carbonyl (C=O) groups is 1. The number of pyridine rings is 1. The molecule has 0 bridgehead atoms. The maximum atomic E-state index is 12.9. The van der Waals surface area contributed by atoms with Gasteiger partial charge in [0.05, 0.1) is 23.4 Å². The van der Waals surface area contributed by atoms with Crippen LogP contribution in [0.5, 0.6) is 5.88 Å². The summed E-state index contributed by atoms with van der Waals surface area (Å²) in [7, 11) is 0. The molecule has 24 heavy (non-hydrogen) atoms. The molecule has 0 unspecified atom stereocenters. The van der Waals surface area contributed by atoms with Crippen LogP contribution < -0.4 is 9.64 Å². The van der Waals surface area contributed by atoms with Gasteiger partial charge in [-0.05, 0) is 32.8 Å². The predicted molar refractivity (Wildman–Crippen MR) is 86.0 cm³/mol. The van der Waals surface area contributed by atoms with Crippen LogP contribution in [-0.4, -0.2) is 32.1 Å². The lowest BCUT2D eigenvalue weighted by molar-refractivity contribution is -0.119. The smallest absolute Gasteiger partial charge is 0.243 e. The van der Waals surface area contributed by atoms with Crippen LogP contribution in [0, 0.1) is 0 Å². The summed E-state index contributed by atoms with van der Waals surface area (Å²) in [4.78, 5) is 27.3. The first-order valence-electron chi connectivity index (χ1n) is 8.00. The van der Waals surface area contributed by atoms with Crippen LogP contribution in [0.2, 0.25) is 0 Å². The third-order valence-electron chi connectivity index (χ3n) is 4.39. The van der Waals surface area contributed by atoms with E-state index in [1.165, 1.54) is 0 Å². The minimum atomic E-state index is -0.490. The van der Waals surface area contributed by atoms with Crippen LogP contribution in [-0.2, 0) is 16.8 Å². The highest BCUT2D eigenvalue weighted by Gasteiger charge is 2.60. The Hall–Kier alpha value is -2.54. The molecule has 2 aromatic heterocycles. The molecule has 4 rings (SSSR count). The second-order valence-electron chi connectivity index (χ2n) is 6.43. The van der Waals surface area contributed by atoms with E-state index in [2.05, 4.69) is 15.0 Å². The van der Waals surface area contributed by atoms with Crippen LogP contribution in [0.3, 0.4) is 0 Å². The van der Waals surface area contributed by atoms with Crippen molar-refractivity contribution in [3.63, 3.8) is 0 Å². The predicted octanol–water partition coefficient (Wildman–Crippen LogP) is 1.86. The SMILES string of the molecule is CC(C)Oc1ccc(N2C(=O)C3(CC3)c3cnc(CO)nc32)cn1. The van der Waals surface area contributed by atoms with E-state index < -0.39 is 5.41 Å². The van der Waals surface area contributed by atoms with Crippen LogP contribution in [0.1, 0.15) is 38.1 Å². The molecule has 0 atom stereocenters. The molecule has 2 aromatic rings. The van der Waals surface area contributed by atoms with Crippen molar-refractivity contribution in [2.75, 3.05) is 4.90 Å². The van der Waals surface area contributed by atoms with E-state index in [0.29, 0.717) is 23.2 Å². The van der Waals surface area contributed by atoms with Crippen molar-refractivity contribution >= 4 is 17.4 Å². The normalized spacial score (nSPS) is 17.5. The molecule has 3 heterocycles. The molecule has 1 N–H and O–H groups in total. The zero-order valence-electron chi connectivity index (χ0n) is 13.6. The standard InChI is InChI=1S/C17H18N4O3/c1-10(2)24-14-4-3-11(7-19-14)21-15-12(8-18-13(9-22)20-15)17(5-6-17)16(21)23/h3-4,7-8,10,22H,5-6,9H2,1-2H3. The maximum Gasteiger partial charge on any atom is 0.243 e. The number of carbonyl (C=O) groups excluding carboxylic acids is 1. The van der Waals surface area contributed by atoms with Gasteiger partial charge >= 0.3 is 0 Å². The van der Waals surface area contributed by atoms with E-state index in [-0.39, 0.29) is 18.6 Å². The summed E-state index contributed by atoms with van der Waals surface area (Å²) in [6.07, 6.45) is 4.93. The first-order valence-corrected chi connectivity index (χ1v) is 8.00. The van der Waals surface area contributed by atoms with Gasteiger partial charge in [-0.1, -0.05) is 0 Å². The summed E-state index contributed by atoms with van der Waals surface area (Å²) in [5.41, 5.74) is 0.993. The average Bonchev–Trinajstić information content (AvgIpc) is 3.33. The van der Waals surface area contributed by atoms with Crippen LogP contribution in [0.25, 0.3) is 0 Å². The summed E-state index contributed by atoms with van der Waals surface area (Å²) in [6, 6.07) is 3.54. The number of hydrogen-bond acceptors (Lipinski definition) is 6. The number of fused-ring (bicyclic) bond motifs is 2. The van der Waals surface area contributed by atoms with Crippen molar-refractivity contribution < 1.29 is 14.6 Å². The quantitative estimate of drug-likeness (QED) is 0.922. The molecule has 1 aliphatic carbocycles. The van der Waals surface area contributed by atoms with Crippen LogP contribution in [0.4, 0.5) is 11.5 Å². The van der Waals surface area contributed by atoms with Crippen molar-refractivity contribution in [2.45, 2.75) is 44.8 Å². The van der Waals surface area contributed by atoms with Crippen molar-refractivity contribution in [2.24, 2.45) is 0 Å². The fourth-order valence-corrected chi connectivity index (χ4v) is 3.08. The highest BCUT2D eigenvalue weighted by molar-refractivity contribution is 6.13. The van der Waals surface area contributed by atoms with E-state index in [9.17, 15) is 9.90 Å². The van der Waals surface area contributed by atoms with Crippen molar-refractivity contribution in [3.8, 4) is 5.88 Å². The molecule has 0 radical (unpaired) electrons. The first kappa shape index (κ1) is 15.0. The molecule has 0 aromatic carbocycles. The number of rotatable bonds is 4. The van der Waals surface area contributed by atoms with E-state index in [1.54, 1.807) is 29.4 Å². The molecular formula is C17H18N4O3. The molecular weight excluding hydrogens is 308 g/mol. The van der Waals surface area contributed by atoms with Crippen molar-refractivity contribution in [1.82, 2.24) is 15.0 Å². The Morgan fingerprint density at radius 1 is 1.29 bits per heavy atom. The highest BCUT2D eigenvalue weighted by Crippen LogP contribution is 2.58. The molecule has 1 saturated carbocycles. The van der Waals surface area contributed by atoms with Gasteiger partial charge in [0.15, 0.2) is 5.82 Å². The summed E-state index contributed by atoms with van der Waals surface area (Å²) in [5.74, 6) is 1.37. The second kappa shape index (κ2) is 5.24. The zero-order chi connectivity index (χ0) is 16.9. The minimum absolute atomic E-state index is 0.00113. The Balaban J connectivity index is 1.75. The van der Waals surface area contributed by atoms with E-state index in [4.69, 9.17) is 4.74 Å². The Morgan fingerprint density at radius 2 is 2.08 bits per heavy atom. The van der Waals surface area contributed by atoms with Gasteiger partial charge < -0.3 is 9.84 Å². The molecule has 124 valence electrons. The number of aromatic nitrogens is 3. The maximum absolute atomic E-state index is 12.9. The van der Waals surface area contributed by atoms with Crippen molar-refractivity contribution in [3.05, 3.63) is 35.9 Å². The van der Waals surface area contributed by atoms with Gasteiger partial charge in [0.25, 0.3) is 0 Å². The minimum Gasteiger partial charge on any atom is -0.475 e. The molecule has 1 amide bonds. The number of nitrogens with zero attached hydrogens (tertiary/aromatic N) is 4. The highest BCUT2D eigenvalue weighted by atomic mass is 16.5. The van der Waals surface area contributed by atoms with Gasteiger partial charge in [0, 0.05) is 17.8 Å². The molecule has 0 saturated heterocycles. The number of hydrogen-bond donors (Lipinski definition) is 1. The van der Waals surface area contributed by atoms with E-state index >= 15 is 0 Å². The van der Waals surface area contributed by atoms with Gasteiger partial charge in [0.1, 0.15) is 12.4 Å². The second-order valence-corrected chi connectivity index (χ2v) is 6.43. The van der Waals surface area contributed by atoms with E-state index in [0.717, 1.165) is 18.4 Å². The lowest BCUT2D eigenvalue weighted by Crippen LogP contribution is -2.28. The van der Waals surface area contributed by atoms with Crippen molar-refractivity contribution in [1.29, 1.82) is 0 Å². The Kier molecular flexibility index (Phi) is 3.28. The fourth-order valence-electron chi connectivity index (χ4n) is 3.08. The molecule has 7 heteroatoms. The molecule has 1 aliphatic heterocycles. The monoisotopic (exact) mass is 326 g/mol. The largest absolute Gasteiger partial charge is 0.475 e. The summed E-state index contributed by atoms with van der Waals surface area (Å²) < 4.78 is 5.54. The summed E-state index contributed by atoms with van der Waals surface area (Å²) in [5, 5.41) is 9.30.